The second-order valence-electron chi connectivity index (χ2n) is 4.06. The van der Waals surface area contributed by atoms with Crippen LogP contribution in [0.5, 0.6) is 5.75 Å². The van der Waals surface area contributed by atoms with Gasteiger partial charge in [-0.05, 0) is 53.7 Å². The normalized spacial score (nSPS) is 10.7. The lowest BCUT2D eigenvalue weighted by Crippen LogP contribution is -2.06. The second kappa shape index (κ2) is 5.54. The van der Waals surface area contributed by atoms with Crippen molar-refractivity contribution in [2.24, 2.45) is 0 Å². The van der Waals surface area contributed by atoms with Gasteiger partial charge in [0.25, 0.3) is 0 Å². The Hall–Kier alpha value is -1.33. The SMILES string of the molecule is CNCc1nc(-c2ccc(OC)c(C)c2)c(Br)[nH]1. The van der Waals surface area contributed by atoms with E-state index < -0.39 is 0 Å². The highest BCUT2D eigenvalue weighted by Crippen LogP contribution is 2.29. The van der Waals surface area contributed by atoms with Crippen molar-refractivity contribution in [2.75, 3.05) is 14.2 Å². The maximum atomic E-state index is 5.26. The molecule has 0 amide bonds. The summed E-state index contributed by atoms with van der Waals surface area (Å²) in [5, 5.41) is 3.07. The van der Waals surface area contributed by atoms with Gasteiger partial charge in [-0.2, -0.15) is 0 Å². The van der Waals surface area contributed by atoms with E-state index in [2.05, 4.69) is 37.3 Å². The van der Waals surface area contributed by atoms with E-state index in [4.69, 9.17) is 4.74 Å². The Labute approximate surface area is 115 Å². The second-order valence-corrected chi connectivity index (χ2v) is 4.85. The monoisotopic (exact) mass is 309 g/mol. The number of aryl methyl sites for hydroxylation is 1. The number of benzene rings is 1. The molecule has 4 nitrogen and oxygen atoms in total. The van der Waals surface area contributed by atoms with E-state index in [-0.39, 0.29) is 0 Å². The van der Waals surface area contributed by atoms with Crippen molar-refractivity contribution in [3.8, 4) is 17.0 Å². The molecule has 18 heavy (non-hydrogen) atoms. The van der Waals surface area contributed by atoms with Gasteiger partial charge in [0.2, 0.25) is 0 Å². The standard InChI is InChI=1S/C13H16BrN3O/c1-8-6-9(4-5-10(8)18-3)12-13(14)17-11(16-12)7-15-2/h4-6,15H,7H2,1-3H3,(H,16,17). The summed E-state index contributed by atoms with van der Waals surface area (Å²) in [4.78, 5) is 7.76. The fraction of sp³-hybridized carbons (Fsp3) is 0.308. The van der Waals surface area contributed by atoms with Crippen LogP contribution in [0.1, 0.15) is 11.4 Å². The summed E-state index contributed by atoms with van der Waals surface area (Å²) in [6.45, 7) is 2.74. The molecule has 2 aromatic rings. The van der Waals surface area contributed by atoms with Crippen LogP contribution in [0.15, 0.2) is 22.8 Å². The van der Waals surface area contributed by atoms with Crippen LogP contribution in [0.3, 0.4) is 0 Å². The van der Waals surface area contributed by atoms with Crippen molar-refractivity contribution in [1.82, 2.24) is 15.3 Å². The Morgan fingerprint density at radius 2 is 2.22 bits per heavy atom. The maximum absolute atomic E-state index is 5.26. The van der Waals surface area contributed by atoms with Gasteiger partial charge in [0.15, 0.2) is 0 Å². The molecule has 2 N–H and O–H groups in total. The van der Waals surface area contributed by atoms with Gasteiger partial charge in [-0.3, -0.25) is 0 Å². The Morgan fingerprint density at radius 1 is 1.44 bits per heavy atom. The van der Waals surface area contributed by atoms with Gasteiger partial charge in [-0.15, -0.1) is 0 Å². The average Bonchev–Trinajstić information content (AvgIpc) is 2.71. The molecule has 1 aromatic heterocycles. The first kappa shape index (κ1) is 13.1. The van der Waals surface area contributed by atoms with Crippen molar-refractivity contribution in [3.63, 3.8) is 0 Å². The van der Waals surface area contributed by atoms with Gasteiger partial charge < -0.3 is 15.0 Å². The van der Waals surface area contributed by atoms with Crippen LogP contribution in [-0.2, 0) is 6.54 Å². The van der Waals surface area contributed by atoms with E-state index >= 15 is 0 Å². The number of hydrogen-bond donors (Lipinski definition) is 2. The third-order valence-electron chi connectivity index (χ3n) is 2.72. The molecule has 1 heterocycles. The number of ether oxygens (including phenoxy) is 1. The Morgan fingerprint density at radius 3 is 2.83 bits per heavy atom. The van der Waals surface area contributed by atoms with Crippen LogP contribution in [0.25, 0.3) is 11.3 Å². The summed E-state index contributed by atoms with van der Waals surface area (Å²) in [5.41, 5.74) is 3.09. The summed E-state index contributed by atoms with van der Waals surface area (Å²) in [6.07, 6.45) is 0. The predicted molar refractivity (Wildman–Crippen MR) is 75.8 cm³/mol. The van der Waals surface area contributed by atoms with Crippen LogP contribution in [0.2, 0.25) is 0 Å². The molecule has 0 radical (unpaired) electrons. The number of nitrogens with one attached hydrogen (secondary N) is 2. The minimum Gasteiger partial charge on any atom is -0.496 e. The summed E-state index contributed by atoms with van der Waals surface area (Å²) in [7, 11) is 3.57. The third kappa shape index (κ3) is 2.57. The highest BCUT2D eigenvalue weighted by Gasteiger charge is 2.11. The Bertz CT molecular complexity index is 551. The molecule has 2 rings (SSSR count). The summed E-state index contributed by atoms with van der Waals surface area (Å²) < 4.78 is 6.16. The number of aromatic amines is 1. The number of H-pyrrole nitrogens is 1. The number of hydrogen-bond acceptors (Lipinski definition) is 3. The highest BCUT2D eigenvalue weighted by atomic mass is 79.9. The predicted octanol–water partition coefficient (Wildman–Crippen LogP) is 2.88. The topological polar surface area (TPSA) is 49.9 Å². The van der Waals surface area contributed by atoms with Crippen LogP contribution in [-0.4, -0.2) is 24.1 Å². The van der Waals surface area contributed by atoms with E-state index in [1.807, 2.05) is 26.1 Å². The van der Waals surface area contributed by atoms with Gasteiger partial charge in [-0.25, -0.2) is 4.98 Å². The average molecular weight is 310 g/mol. The lowest BCUT2D eigenvalue weighted by Gasteiger charge is -2.06. The number of rotatable bonds is 4. The van der Waals surface area contributed by atoms with Crippen LogP contribution < -0.4 is 10.1 Å². The van der Waals surface area contributed by atoms with Crippen molar-refractivity contribution in [1.29, 1.82) is 0 Å². The number of nitrogens with zero attached hydrogens (tertiary/aromatic N) is 1. The number of halogens is 1. The molecule has 0 bridgehead atoms. The first-order chi connectivity index (χ1) is 8.65. The van der Waals surface area contributed by atoms with E-state index in [1.54, 1.807) is 7.11 Å². The summed E-state index contributed by atoms with van der Waals surface area (Å²) in [5.74, 6) is 1.80. The number of imidazole rings is 1. The number of aromatic nitrogens is 2. The van der Waals surface area contributed by atoms with Gasteiger partial charge in [0, 0.05) is 5.56 Å². The molecule has 96 valence electrons. The molecule has 0 unspecified atom stereocenters. The fourth-order valence-corrected chi connectivity index (χ4v) is 2.41. The fourth-order valence-electron chi connectivity index (χ4n) is 1.87. The zero-order valence-electron chi connectivity index (χ0n) is 10.7. The highest BCUT2D eigenvalue weighted by molar-refractivity contribution is 9.10. The lowest BCUT2D eigenvalue weighted by molar-refractivity contribution is 0.412. The van der Waals surface area contributed by atoms with Gasteiger partial charge in [0.1, 0.15) is 21.9 Å². The largest absolute Gasteiger partial charge is 0.496 e. The lowest BCUT2D eigenvalue weighted by atomic mass is 10.1. The molecular formula is C13H16BrN3O. The van der Waals surface area contributed by atoms with Crippen molar-refractivity contribution >= 4 is 15.9 Å². The molecule has 0 fully saturated rings. The zero-order valence-corrected chi connectivity index (χ0v) is 12.3. The minimum absolute atomic E-state index is 0.716. The first-order valence-electron chi connectivity index (χ1n) is 5.69. The van der Waals surface area contributed by atoms with E-state index in [0.717, 1.165) is 33.0 Å². The molecule has 0 saturated carbocycles. The van der Waals surface area contributed by atoms with Crippen LogP contribution in [0.4, 0.5) is 0 Å². The van der Waals surface area contributed by atoms with Crippen molar-refractivity contribution in [3.05, 3.63) is 34.2 Å². The van der Waals surface area contributed by atoms with E-state index in [1.165, 1.54) is 0 Å². The van der Waals surface area contributed by atoms with Crippen LogP contribution >= 0.6 is 15.9 Å². The van der Waals surface area contributed by atoms with Gasteiger partial charge >= 0.3 is 0 Å². The summed E-state index contributed by atoms with van der Waals surface area (Å²) >= 11 is 3.51. The molecule has 0 aliphatic rings. The van der Waals surface area contributed by atoms with Crippen molar-refractivity contribution in [2.45, 2.75) is 13.5 Å². The van der Waals surface area contributed by atoms with E-state index in [0.29, 0.717) is 6.54 Å². The Balaban J connectivity index is 2.39. The third-order valence-corrected chi connectivity index (χ3v) is 3.30. The molecule has 0 atom stereocenters. The summed E-state index contributed by atoms with van der Waals surface area (Å²) in [6, 6.07) is 6.04. The van der Waals surface area contributed by atoms with E-state index in [9.17, 15) is 0 Å². The Kier molecular flexibility index (Phi) is 4.04. The minimum atomic E-state index is 0.716. The molecule has 5 heteroatoms. The molecule has 1 aromatic carbocycles. The van der Waals surface area contributed by atoms with Crippen LogP contribution in [0, 0.1) is 6.92 Å². The quantitative estimate of drug-likeness (QED) is 0.913. The molecule has 0 saturated heterocycles. The molecule has 0 aliphatic heterocycles. The molecule has 0 spiro atoms. The molecule has 0 aliphatic carbocycles. The molecular weight excluding hydrogens is 294 g/mol. The number of methoxy groups -OCH3 is 1. The smallest absolute Gasteiger partial charge is 0.121 e. The van der Waals surface area contributed by atoms with Crippen molar-refractivity contribution < 1.29 is 4.74 Å². The van der Waals surface area contributed by atoms with Gasteiger partial charge in [0.05, 0.1) is 13.7 Å². The maximum Gasteiger partial charge on any atom is 0.121 e. The van der Waals surface area contributed by atoms with Gasteiger partial charge in [-0.1, -0.05) is 0 Å². The first-order valence-corrected chi connectivity index (χ1v) is 6.49. The zero-order chi connectivity index (χ0) is 13.1.